The third kappa shape index (κ3) is 3.75. The van der Waals surface area contributed by atoms with Gasteiger partial charge in [-0.2, -0.15) is 0 Å². The molecule has 2 rings (SSSR count). The lowest BCUT2D eigenvalue weighted by atomic mass is 9.96. The van der Waals surface area contributed by atoms with Gasteiger partial charge < -0.3 is 20.7 Å². The highest BCUT2D eigenvalue weighted by Crippen LogP contribution is 2.37. The maximum atomic E-state index is 10.3. The lowest BCUT2D eigenvalue weighted by Crippen LogP contribution is -2.28. The molecule has 2 atom stereocenters. The van der Waals surface area contributed by atoms with Crippen LogP contribution in [0.2, 0.25) is 0 Å². The Morgan fingerprint density at radius 1 is 1.24 bits per heavy atom. The van der Waals surface area contributed by atoms with Gasteiger partial charge in [-0.05, 0) is 17.7 Å². The Morgan fingerprint density at radius 3 is 2.52 bits per heavy atom. The van der Waals surface area contributed by atoms with Gasteiger partial charge in [0.1, 0.15) is 0 Å². The van der Waals surface area contributed by atoms with Gasteiger partial charge in [-0.1, -0.05) is 46.3 Å². The zero-order valence-corrected chi connectivity index (χ0v) is 13.2. The van der Waals surface area contributed by atoms with Crippen LogP contribution in [-0.2, 0) is 6.42 Å². The number of rotatable bonds is 5. The zero-order chi connectivity index (χ0) is 15.4. The van der Waals surface area contributed by atoms with E-state index >= 15 is 0 Å². The molecule has 0 saturated carbocycles. The summed E-state index contributed by atoms with van der Waals surface area (Å²) in [6.45, 7) is 0. The van der Waals surface area contributed by atoms with E-state index in [1.165, 1.54) is 7.11 Å². The molecule has 0 aromatic heterocycles. The summed E-state index contributed by atoms with van der Waals surface area (Å²) in [5.74, 6) is 0.280. The third-order valence-electron chi connectivity index (χ3n) is 3.35. The molecule has 0 aliphatic heterocycles. The highest BCUT2D eigenvalue weighted by molar-refractivity contribution is 9.10. The first-order valence-corrected chi connectivity index (χ1v) is 7.36. The number of aromatic hydroxyl groups is 1. The van der Waals surface area contributed by atoms with Crippen molar-refractivity contribution in [1.82, 2.24) is 0 Å². The predicted octanol–water partition coefficient (Wildman–Crippen LogP) is 2.77. The summed E-state index contributed by atoms with van der Waals surface area (Å²) in [7, 11) is 1.47. The molecule has 0 unspecified atom stereocenters. The topological polar surface area (TPSA) is 75.7 Å². The van der Waals surface area contributed by atoms with Crippen LogP contribution in [0.15, 0.2) is 46.9 Å². The molecule has 0 fully saturated rings. The molecule has 21 heavy (non-hydrogen) atoms. The minimum Gasteiger partial charge on any atom is -0.504 e. The second-order valence-corrected chi connectivity index (χ2v) is 5.74. The van der Waals surface area contributed by atoms with Crippen molar-refractivity contribution in [1.29, 1.82) is 0 Å². The lowest BCUT2D eigenvalue weighted by Gasteiger charge is -2.21. The molecule has 0 spiro atoms. The SMILES string of the molecule is COc1cc(Br)cc([C@H](N)[C@H](O)Cc2ccccc2)c1O. The Kier molecular flexibility index (Phi) is 5.22. The smallest absolute Gasteiger partial charge is 0.162 e. The maximum Gasteiger partial charge on any atom is 0.162 e. The first kappa shape index (κ1) is 15.8. The highest BCUT2D eigenvalue weighted by Gasteiger charge is 2.22. The second kappa shape index (κ2) is 6.93. The molecule has 5 heteroatoms. The number of hydrogen-bond donors (Lipinski definition) is 3. The van der Waals surface area contributed by atoms with Crippen LogP contribution in [0.3, 0.4) is 0 Å². The summed E-state index contributed by atoms with van der Waals surface area (Å²) in [6, 6.07) is 12.2. The Bertz CT molecular complexity index is 604. The van der Waals surface area contributed by atoms with Crippen LogP contribution in [0.25, 0.3) is 0 Å². The van der Waals surface area contributed by atoms with E-state index in [1.807, 2.05) is 30.3 Å². The van der Waals surface area contributed by atoms with Crippen LogP contribution in [0, 0.1) is 0 Å². The van der Waals surface area contributed by atoms with Gasteiger partial charge in [-0.15, -0.1) is 0 Å². The maximum absolute atomic E-state index is 10.3. The molecule has 0 radical (unpaired) electrons. The van der Waals surface area contributed by atoms with Gasteiger partial charge in [-0.25, -0.2) is 0 Å². The molecule has 2 aromatic rings. The normalized spacial score (nSPS) is 13.7. The van der Waals surface area contributed by atoms with E-state index in [0.717, 1.165) is 10.0 Å². The van der Waals surface area contributed by atoms with Crippen LogP contribution in [0.4, 0.5) is 0 Å². The number of hydrogen-bond acceptors (Lipinski definition) is 4. The highest BCUT2D eigenvalue weighted by atomic mass is 79.9. The van der Waals surface area contributed by atoms with Gasteiger partial charge in [-0.3, -0.25) is 0 Å². The van der Waals surface area contributed by atoms with Crippen LogP contribution >= 0.6 is 15.9 Å². The van der Waals surface area contributed by atoms with Crippen LogP contribution in [-0.4, -0.2) is 23.4 Å². The Hall–Kier alpha value is -1.56. The second-order valence-electron chi connectivity index (χ2n) is 4.83. The molecular formula is C16H18BrNO3. The number of methoxy groups -OCH3 is 1. The standard InChI is InChI=1S/C16H18BrNO3/c1-21-14-9-11(17)8-12(16(14)20)15(18)13(19)7-10-5-3-2-4-6-10/h2-6,8-9,13,15,19-20H,7,18H2,1H3/t13-,15+/m1/s1. The van der Waals surface area contributed by atoms with Crippen molar-refractivity contribution >= 4 is 15.9 Å². The fraction of sp³-hybridized carbons (Fsp3) is 0.250. The molecule has 112 valence electrons. The van der Waals surface area contributed by atoms with Gasteiger partial charge in [0.2, 0.25) is 0 Å². The number of aliphatic hydroxyl groups is 1. The number of benzene rings is 2. The molecule has 0 amide bonds. The van der Waals surface area contributed by atoms with Crippen molar-refractivity contribution in [3.8, 4) is 11.5 Å². The van der Waals surface area contributed by atoms with Crippen molar-refractivity contribution in [3.05, 3.63) is 58.1 Å². The quantitative estimate of drug-likeness (QED) is 0.774. The van der Waals surface area contributed by atoms with Crippen molar-refractivity contribution in [3.63, 3.8) is 0 Å². The minimum atomic E-state index is -0.808. The average Bonchev–Trinajstić information content (AvgIpc) is 2.49. The van der Waals surface area contributed by atoms with Crippen LogP contribution in [0.1, 0.15) is 17.2 Å². The van der Waals surface area contributed by atoms with E-state index in [9.17, 15) is 10.2 Å². The van der Waals surface area contributed by atoms with E-state index in [0.29, 0.717) is 17.7 Å². The van der Waals surface area contributed by atoms with Crippen molar-refractivity contribution in [2.45, 2.75) is 18.6 Å². The molecule has 0 bridgehead atoms. The summed E-state index contributed by atoms with van der Waals surface area (Å²) < 4.78 is 5.83. The summed E-state index contributed by atoms with van der Waals surface area (Å²) in [4.78, 5) is 0. The summed E-state index contributed by atoms with van der Waals surface area (Å²) >= 11 is 3.34. The number of nitrogens with two attached hydrogens (primary N) is 1. The lowest BCUT2D eigenvalue weighted by molar-refractivity contribution is 0.143. The first-order chi connectivity index (χ1) is 10.0. The van der Waals surface area contributed by atoms with Crippen molar-refractivity contribution < 1.29 is 14.9 Å². The average molecular weight is 352 g/mol. The molecule has 0 aliphatic carbocycles. The van der Waals surface area contributed by atoms with Gasteiger partial charge in [0.15, 0.2) is 11.5 Å². The van der Waals surface area contributed by atoms with Gasteiger partial charge in [0.05, 0.1) is 19.3 Å². The fourth-order valence-corrected chi connectivity index (χ4v) is 2.65. The minimum absolute atomic E-state index is 0.0414. The van der Waals surface area contributed by atoms with Crippen LogP contribution in [0.5, 0.6) is 11.5 Å². The first-order valence-electron chi connectivity index (χ1n) is 6.57. The van der Waals surface area contributed by atoms with Crippen molar-refractivity contribution in [2.24, 2.45) is 5.73 Å². The largest absolute Gasteiger partial charge is 0.504 e. The van der Waals surface area contributed by atoms with E-state index in [1.54, 1.807) is 12.1 Å². The van der Waals surface area contributed by atoms with Gasteiger partial charge >= 0.3 is 0 Å². The Labute approximate surface area is 132 Å². The number of halogens is 1. The molecule has 0 saturated heterocycles. The molecule has 4 N–H and O–H groups in total. The zero-order valence-electron chi connectivity index (χ0n) is 11.7. The number of aliphatic hydroxyl groups excluding tert-OH is 1. The van der Waals surface area contributed by atoms with Crippen LogP contribution < -0.4 is 10.5 Å². The molecule has 0 aliphatic rings. The summed E-state index contributed by atoms with van der Waals surface area (Å²) in [6.07, 6.45) is -0.395. The third-order valence-corrected chi connectivity index (χ3v) is 3.81. The molecule has 4 nitrogen and oxygen atoms in total. The predicted molar refractivity (Wildman–Crippen MR) is 85.4 cm³/mol. The van der Waals surface area contributed by atoms with Crippen molar-refractivity contribution in [2.75, 3.05) is 7.11 Å². The Morgan fingerprint density at radius 2 is 1.90 bits per heavy atom. The summed E-state index contributed by atoms with van der Waals surface area (Å²) in [5, 5.41) is 20.5. The number of phenolic OH excluding ortho intramolecular Hbond substituents is 1. The van der Waals surface area contributed by atoms with E-state index in [-0.39, 0.29) is 5.75 Å². The van der Waals surface area contributed by atoms with E-state index < -0.39 is 12.1 Å². The Balaban J connectivity index is 2.23. The molecular weight excluding hydrogens is 334 g/mol. The van der Waals surface area contributed by atoms with E-state index in [2.05, 4.69) is 15.9 Å². The van der Waals surface area contributed by atoms with Gasteiger partial charge in [0.25, 0.3) is 0 Å². The van der Waals surface area contributed by atoms with E-state index in [4.69, 9.17) is 10.5 Å². The number of ether oxygens (including phenoxy) is 1. The van der Waals surface area contributed by atoms with Gasteiger partial charge in [0, 0.05) is 16.5 Å². The number of phenols is 1. The molecule has 0 heterocycles. The monoisotopic (exact) mass is 351 g/mol. The summed E-state index contributed by atoms with van der Waals surface area (Å²) in [5.41, 5.74) is 7.53. The molecule has 2 aromatic carbocycles. The fourth-order valence-electron chi connectivity index (χ4n) is 2.19.